The Morgan fingerprint density at radius 2 is 2.08 bits per heavy atom. The molecule has 0 aliphatic heterocycles. The van der Waals surface area contributed by atoms with E-state index >= 15 is 0 Å². The van der Waals surface area contributed by atoms with Crippen molar-refractivity contribution in [1.82, 2.24) is 5.32 Å². The molecule has 4 heteroatoms. The zero-order valence-corrected chi connectivity index (χ0v) is 8.19. The molecule has 2 nitrogen and oxygen atoms in total. The Morgan fingerprint density at radius 1 is 1.46 bits per heavy atom. The van der Waals surface area contributed by atoms with Gasteiger partial charge >= 0.3 is 0 Å². The first-order chi connectivity index (χ1) is 5.93. The summed E-state index contributed by atoms with van der Waals surface area (Å²) in [5, 5.41) is 2.89. The number of nitrogens with one attached hydrogen (secondary N) is 1. The second-order valence-corrected chi connectivity index (χ2v) is 4.02. The molecule has 1 aliphatic rings. The summed E-state index contributed by atoms with van der Waals surface area (Å²) in [4.78, 5) is 0. The van der Waals surface area contributed by atoms with Crippen LogP contribution in [0.3, 0.4) is 0 Å². The van der Waals surface area contributed by atoms with Crippen LogP contribution >= 0.6 is 0 Å². The quantitative estimate of drug-likeness (QED) is 0.711. The van der Waals surface area contributed by atoms with Crippen LogP contribution in [-0.2, 0) is 0 Å². The number of rotatable bonds is 3. The summed E-state index contributed by atoms with van der Waals surface area (Å²) < 4.78 is 26.3. The second-order valence-electron chi connectivity index (χ2n) is 4.02. The van der Waals surface area contributed by atoms with Gasteiger partial charge < -0.3 is 11.1 Å². The second kappa shape index (κ2) is 3.88. The van der Waals surface area contributed by atoms with E-state index in [4.69, 9.17) is 5.73 Å². The molecule has 0 bridgehead atoms. The minimum absolute atomic E-state index is 0.0103. The SMILES string of the molecule is CC(N)C(C)NC1CCCC1(F)F. The molecule has 1 fully saturated rings. The average Bonchev–Trinajstić information content (AvgIpc) is 2.30. The minimum Gasteiger partial charge on any atom is -0.327 e. The van der Waals surface area contributed by atoms with Gasteiger partial charge in [-0.25, -0.2) is 8.78 Å². The highest BCUT2D eigenvalue weighted by atomic mass is 19.3. The molecule has 0 aromatic heterocycles. The van der Waals surface area contributed by atoms with Gasteiger partial charge in [-0.3, -0.25) is 0 Å². The summed E-state index contributed by atoms with van der Waals surface area (Å²) in [5.74, 6) is -2.54. The van der Waals surface area contributed by atoms with Crippen LogP contribution in [0.15, 0.2) is 0 Å². The van der Waals surface area contributed by atoms with Crippen LogP contribution in [0.5, 0.6) is 0 Å². The number of hydrogen-bond donors (Lipinski definition) is 2. The predicted octanol–water partition coefficient (Wildman–Crippen LogP) is 1.50. The normalized spacial score (nSPS) is 31.6. The van der Waals surface area contributed by atoms with E-state index < -0.39 is 12.0 Å². The van der Waals surface area contributed by atoms with Gasteiger partial charge in [0.1, 0.15) is 0 Å². The third-order valence-corrected chi connectivity index (χ3v) is 2.77. The molecule has 0 heterocycles. The summed E-state index contributed by atoms with van der Waals surface area (Å²) in [5.41, 5.74) is 5.60. The molecule has 1 rings (SSSR count). The molecule has 0 amide bonds. The average molecular weight is 192 g/mol. The zero-order chi connectivity index (χ0) is 10.1. The molecule has 78 valence electrons. The maximum atomic E-state index is 13.1. The van der Waals surface area contributed by atoms with Crippen molar-refractivity contribution < 1.29 is 8.78 Å². The predicted molar refractivity (Wildman–Crippen MR) is 48.8 cm³/mol. The van der Waals surface area contributed by atoms with Crippen LogP contribution in [0.25, 0.3) is 0 Å². The van der Waals surface area contributed by atoms with Gasteiger partial charge in [0.05, 0.1) is 6.04 Å². The Morgan fingerprint density at radius 3 is 2.46 bits per heavy atom. The summed E-state index contributed by atoms with van der Waals surface area (Å²) in [7, 11) is 0. The highest BCUT2D eigenvalue weighted by Gasteiger charge is 2.44. The molecule has 0 spiro atoms. The fourth-order valence-corrected chi connectivity index (χ4v) is 1.60. The molecule has 3 unspecified atom stereocenters. The van der Waals surface area contributed by atoms with Crippen molar-refractivity contribution in [1.29, 1.82) is 0 Å². The highest BCUT2D eigenvalue weighted by Crippen LogP contribution is 2.35. The first-order valence-electron chi connectivity index (χ1n) is 4.83. The Bertz CT molecular complexity index is 171. The third-order valence-electron chi connectivity index (χ3n) is 2.77. The van der Waals surface area contributed by atoms with Gasteiger partial charge in [0, 0.05) is 18.5 Å². The van der Waals surface area contributed by atoms with Crippen molar-refractivity contribution in [2.24, 2.45) is 5.73 Å². The van der Waals surface area contributed by atoms with E-state index in [0.717, 1.165) is 0 Å². The van der Waals surface area contributed by atoms with Gasteiger partial charge in [-0.2, -0.15) is 0 Å². The topological polar surface area (TPSA) is 38.0 Å². The lowest BCUT2D eigenvalue weighted by Crippen LogP contribution is -2.50. The van der Waals surface area contributed by atoms with E-state index in [-0.39, 0.29) is 18.5 Å². The molecule has 0 radical (unpaired) electrons. The Labute approximate surface area is 77.9 Å². The lowest BCUT2D eigenvalue weighted by Gasteiger charge is -2.26. The Kier molecular flexibility index (Phi) is 3.24. The zero-order valence-electron chi connectivity index (χ0n) is 8.19. The molecule has 0 aromatic rings. The molecular weight excluding hydrogens is 174 g/mol. The van der Waals surface area contributed by atoms with Crippen LogP contribution in [-0.4, -0.2) is 24.0 Å². The summed E-state index contributed by atoms with van der Waals surface area (Å²) in [6.07, 6.45) is 1.18. The largest absolute Gasteiger partial charge is 0.327 e. The maximum Gasteiger partial charge on any atom is 0.263 e. The van der Waals surface area contributed by atoms with E-state index in [9.17, 15) is 8.78 Å². The minimum atomic E-state index is -2.54. The fraction of sp³-hybridized carbons (Fsp3) is 1.00. The summed E-state index contributed by atoms with van der Waals surface area (Å²) >= 11 is 0. The van der Waals surface area contributed by atoms with Crippen molar-refractivity contribution in [3.8, 4) is 0 Å². The van der Waals surface area contributed by atoms with Gasteiger partial charge in [-0.15, -0.1) is 0 Å². The highest BCUT2D eigenvalue weighted by molar-refractivity contribution is 4.92. The molecule has 1 aliphatic carbocycles. The molecule has 1 saturated carbocycles. The van der Waals surface area contributed by atoms with Gasteiger partial charge in [-0.05, 0) is 26.7 Å². The number of halogens is 2. The van der Waals surface area contributed by atoms with Crippen molar-refractivity contribution in [2.45, 2.75) is 57.2 Å². The Balaban J connectivity index is 2.45. The van der Waals surface area contributed by atoms with Gasteiger partial charge in [-0.1, -0.05) is 0 Å². The number of hydrogen-bond acceptors (Lipinski definition) is 2. The number of alkyl halides is 2. The van der Waals surface area contributed by atoms with E-state index in [0.29, 0.717) is 12.8 Å². The lowest BCUT2D eigenvalue weighted by atomic mass is 10.1. The first kappa shape index (κ1) is 10.9. The van der Waals surface area contributed by atoms with Crippen LogP contribution < -0.4 is 11.1 Å². The van der Waals surface area contributed by atoms with E-state index in [1.54, 1.807) is 0 Å². The van der Waals surface area contributed by atoms with Crippen molar-refractivity contribution in [3.05, 3.63) is 0 Å². The summed E-state index contributed by atoms with van der Waals surface area (Å²) in [6, 6.07) is -0.807. The van der Waals surface area contributed by atoms with Crippen molar-refractivity contribution >= 4 is 0 Å². The number of nitrogens with two attached hydrogens (primary N) is 1. The monoisotopic (exact) mass is 192 g/mol. The van der Waals surface area contributed by atoms with E-state index in [1.807, 2.05) is 13.8 Å². The van der Waals surface area contributed by atoms with E-state index in [2.05, 4.69) is 5.32 Å². The van der Waals surface area contributed by atoms with Crippen LogP contribution in [0.1, 0.15) is 33.1 Å². The molecule has 13 heavy (non-hydrogen) atoms. The first-order valence-corrected chi connectivity index (χ1v) is 4.83. The molecule has 0 saturated heterocycles. The van der Waals surface area contributed by atoms with Crippen LogP contribution in [0, 0.1) is 0 Å². The molecule has 0 aromatic carbocycles. The smallest absolute Gasteiger partial charge is 0.263 e. The third kappa shape index (κ3) is 2.61. The van der Waals surface area contributed by atoms with E-state index in [1.165, 1.54) is 0 Å². The Hall–Kier alpha value is -0.220. The van der Waals surface area contributed by atoms with Gasteiger partial charge in [0.2, 0.25) is 0 Å². The lowest BCUT2D eigenvalue weighted by molar-refractivity contribution is -0.0211. The van der Waals surface area contributed by atoms with Crippen molar-refractivity contribution in [3.63, 3.8) is 0 Å². The van der Waals surface area contributed by atoms with Gasteiger partial charge in [0.25, 0.3) is 5.92 Å². The van der Waals surface area contributed by atoms with Gasteiger partial charge in [0.15, 0.2) is 0 Å². The van der Waals surface area contributed by atoms with Crippen molar-refractivity contribution in [2.75, 3.05) is 0 Å². The summed E-state index contributed by atoms with van der Waals surface area (Å²) in [6.45, 7) is 3.67. The molecule has 3 atom stereocenters. The van der Waals surface area contributed by atoms with Crippen LogP contribution in [0.2, 0.25) is 0 Å². The molecular formula is C9H18F2N2. The maximum absolute atomic E-state index is 13.1. The molecule has 3 N–H and O–H groups in total. The van der Waals surface area contributed by atoms with Crippen LogP contribution in [0.4, 0.5) is 8.78 Å². The fourth-order valence-electron chi connectivity index (χ4n) is 1.60. The standard InChI is InChI=1S/C9H18F2N2/c1-6(12)7(2)13-8-4-3-5-9(8,10)11/h6-8,13H,3-5,12H2,1-2H3.